The second-order valence-corrected chi connectivity index (χ2v) is 19.0. The molecule has 0 spiro atoms. The number of methoxy groups -OCH3 is 2. The molecule has 4 aliphatic rings. The molecule has 6 unspecified atom stereocenters. The maximum Gasteiger partial charge on any atom is 0.417 e. The number of hydrogen-bond donors (Lipinski definition) is 3. The van der Waals surface area contributed by atoms with Crippen LogP contribution in [-0.4, -0.2) is 90.6 Å². The van der Waals surface area contributed by atoms with Crippen molar-refractivity contribution in [2.45, 2.75) is 75.8 Å². The number of nitro groups is 1. The van der Waals surface area contributed by atoms with Gasteiger partial charge in [-0.05, 0) is 109 Å². The summed E-state index contributed by atoms with van der Waals surface area (Å²) in [5.74, 6) is -0.667. The number of oxime groups is 1. The highest BCUT2D eigenvalue weighted by atomic mass is 16.7. The fourth-order valence-corrected chi connectivity index (χ4v) is 10.9. The zero-order chi connectivity index (χ0) is 53.9. The van der Waals surface area contributed by atoms with Crippen LogP contribution in [0.25, 0.3) is 0 Å². The first-order chi connectivity index (χ1) is 37.6. The van der Waals surface area contributed by atoms with Gasteiger partial charge in [0.25, 0.3) is 5.69 Å². The van der Waals surface area contributed by atoms with E-state index in [9.17, 15) is 25.1 Å². The number of amides is 2. The molecule has 2 heterocycles. The molecular formula is C58H62N4O15. The molecule has 19 nitrogen and oxygen atoms in total. The van der Waals surface area contributed by atoms with E-state index in [2.05, 4.69) is 18.0 Å². The lowest BCUT2D eigenvalue weighted by Crippen LogP contribution is -2.70. The van der Waals surface area contributed by atoms with Crippen molar-refractivity contribution in [2.24, 2.45) is 22.9 Å². The van der Waals surface area contributed by atoms with Crippen molar-refractivity contribution in [2.75, 3.05) is 46.1 Å². The number of nitrogens with zero attached hydrogens (tertiary/aromatic N) is 3. The van der Waals surface area contributed by atoms with E-state index in [1.165, 1.54) is 43.4 Å². The zero-order valence-corrected chi connectivity index (χ0v) is 42.9. The van der Waals surface area contributed by atoms with Crippen LogP contribution in [-0.2, 0) is 22.7 Å². The largest absolute Gasteiger partial charge is 0.497 e. The summed E-state index contributed by atoms with van der Waals surface area (Å²) in [6.45, 7) is 4.08. The lowest BCUT2D eigenvalue weighted by atomic mass is 9.55. The Hall–Kier alpha value is -8.13. The molecule has 404 valence electrons. The normalized spacial score (nSPS) is 21.1. The SMILES string of the molecule is C=CCOC12Oc3ccc(OC(=O)Nc4ccc(OC)cc4OC)cc3C3C(CCCCO)C(CCCCO)C=C(C(=NOCc4ccccc4)CC1N(Cc1ccc4c(c1)OCO4)C(=O)Oc1ccc([N+](=O)[O-])cc1)C32. The van der Waals surface area contributed by atoms with E-state index in [0.29, 0.717) is 89.8 Å². The van der Waals surface area contributed by atoms with E-state index in [0.717, 1.165) is 11.1 Å². The minimum absolute atomic E-state index is 0.0153. The van der Waals surface area contributed by atoms with Gasteiger partial charge in [-0.15, -0.1) is 6.58 Å². The summed E-state index contributed by atoms with van der Waals surface area (Å²) in [5.41, 5.74) is 3.68. The second kappa shape index (κ2) is 24.7. The van der Waals surface area contributed by atoms with Gasteiger partial charge in [-0.2, -0.15) is 0 Å². The van der Waals surface area contributed by atoms with Gasteiger partial charge in [0.15, 0.2) is 11.5 Å². The molecule has 3 N–H and O–H groups in total. The summed E-state index contributed by atoms with van der Waals surface area (Å²) in [6, 6.07) is 29.3. The highest BCUT2D eigenvalue weighted by Gasteiger charge is 2.66. The third-order valence-electron chi connectivity index (χ3n) is 14.4. The Kier molecular flexibility index (Phi) is 17.2. The number of benzene rings is 5. The summed E-state index contributed by atoms with van der Waals surface area (Å²) >= 11 is 0. The molecule has 1 saturated carbocycles. The minimum Gasteiger partial charge on any atom is -0.497 e. The molecule has 0 aromatic heterocycles. The molecular weight excluding hydrogens is 993 g/mol. The van der Waals surface area contributed by atoms with Gasteiger partial charge in [0.2, 0.25) is 12.6 Å². The summed E-state index contributed by atoms with van der Waals surface area (Å²) in [6.07, 6.45) is 6.04. The number of hydrogen-bond acceptors (Lipinski definition) is 16. The predicted molar refractivity (Wildman–Crippen MR) is 283 cm³/mol. The topological polar surface area (TPSA) is 228 Å². The molecule has 9 rings (SSSR count). The maximum absolute atomic E-state index is 15.3. The first-order valence-electron chi connectivity index (χ1n) is 25.6. The minimum atomic E-state index is -1.73. The predicted octanol–water partition coefficient (Wildman–Crippen LogP) is 10.5. The first kappa shape index (κ1) is 53.7. The van der Waals surface area contributed by atoms with E-state index in [4.69, 9.17) is 47.9 Å². The lowest BCUT2D eigenvalue weighted by molar-refractivity contribution is -0.384. The van der Waals surface area contributed by atoms with E-state index < -0.39 is 40.8 Å². The molecule has 2 aliphatic heterocycles. The number of nitro benzene ring substituents is 1. The van der Waals surface area contributed by atoms with Crippen molar-refractivity contribution >= 4 is 29.3 Å². The number of anilines is 1. The van der Waals surface area contributed by atoms with Crippen LogP contribution >= 0.6 is 0 Å². The van der Waals surface area contributed by atoms with Gasteiger partial charge in [-0.3, -0.25) is 20.3 Å². The van der Waals surface area contributed by atoms with Crippen LogP contribution in [0, 0.1) is 27.9 Å². The summed E-state index contributed by atoms with van der Waals surface area (Å²) in [7, 11) is 3.01. The molecule has 19 heteroatoms. The van der Waals surface area contributed by atoms with Crippen molar-refractivity contribution in [3.63, 3.8) is 0 Å². The van der Waals surface area contributed by atoms with Gasteiger partial charge in [0.05, 0.1) is 43.1 Å². The van der Waals surface area contributed by atoms with Gasteiger partial charge in [-0.1, -0.05) is 66.5 Å². The molecule has 5 aromatic carbocycles. The maximum atomic E-state index is 15.3. The van der Waals surface area contributed by atoms with Crippen LogP contribution < -0.4 is 38.5 Å². The number of nitrogens with one attached hydrogen (secondary N) is 1. The van der Waals surface area contributed by atoms with Crippen molar-refractivity contribution < 1.29 is 67.5 Å². The van der Waals surface area contributed by atoms with E-state index in [1.54, 1.807) is 54.6 Å². The molecule has 1 fully saturated rings. The Balaban J connectivity index is 1.22. The van der Waals surface area contributed by atoms with E-state index in [1.807, 2.05) is 36.4 Å². The van der Waals surface area contributed by atoms with Crippen LogP contribution in [0.3, 0.4) is 0 Å². The third-order valence-corrected chi connectivity index (χ3v) is 14.4. The molecule has 0 saturated heterocycles. The fraction of sp³-hybridized carbons (Fsp3) is 0.362. The lowest BCUT2D eigenvalue weighted by Gasteiger charge is -2.59. The summed E-state index contributed by atoms with van der Waals surface area (Å²) < 4.78 is 49.1. The number of aliphatic hydroxyl groups is 2. The molecule has 2 amide bonds. The van der Waals surface area contributed by atoms with Crippen LogP contribution in [0.15, 0.2) is 139 Å². The number of carbonyl (C=O) groups excluding carboxylic acids is 2. The van der Waals surface area contributed by atoms with Crippen molar-refractivity contribution in [3.05, 3.63) is 160 Å². The molecule has 2 aliphatic carbocycles. The average Bonchev–Trinajstić information content (AvgIpc) is 4.09. The number of allylic oxidation sites excluding steroid dienone is 1. The van der Waals surface area contributed by atoms with E-state index in [-0.39, 0.29) is 75.2 Å². The van der Waals surface area contributed by atoms with Crippen molar-refractivity contribution in [1.82, 2.24) is 4.90 Å². The number of carbonyl (C=O) groups is 2. The smallest absolute Gasteiger partial charge is 0.417 e. The Bertz CT molecular complexity index is 2970. The molecule has 0 radical (unpaired) electrons. The second-order valence-electron chi connectivity index (χ2n) is 19.0. The highest BCUT2D eigenvalue weighted by Crippen LogP contribution is 2.62. The molecule has 77 heavy (non-hydrogen) atoms. The molecule has 6 atom stereocenters. The number of unbranched alkanes of at least 4 members (excludes halogenated alkanes) is 2. The zero-order valence-electron chi connectivity index (χ0n) is 42.9. The summed E-state index contributed by atoms with van der Waals surface area (Å²) in [5, 5.41) is 39.6. The Labute approximate surface area is 445 Å². The molecule has 5 aromatic rings. The number of rotatable bonds is 23. The van der Waals surface area contributed by atoms with Gasteiger partial charge in [-0.25, -0.2) is 9.59 Å². The first-order valence-corrected chi connectivity index (χ1v) is 25.6. The van der Waals surface area contributed by atoms with Crippen molar-refractivity contribution in [3.8, 4) is 40.2 Å². The number of fused-ring (bicyclic) bond motifs is 3. The van der Waals surface area contributed by atoms with Gasteiger partial charge >= 0.3 is 12.2 Å². The fourth-order valence-electron chi connectivity index (χ4n) is 10.9. The Morgan fingerprint density at radius 3 is 2.32 bits per heavy atom. The van der Waals surface area contributed by atoms with E-state index >= 15 is 4.79 Å². The van der Waals surface area contributed by atoms with Crippen molar-refractivity contribution in [1.29, 1.82) is 0 Å². The van der Waals surface area contributed by atoms with Crippen LogP contribution in [0.1, 0.15) is 67.6 Å². The summed E-state index contributed by atoms with van der Waals surface area (Å²) in [4.78, 5) is 48.0. The average molecular weight is 1060 g/mol. The van der Waals surface area contributed by atoms with Gasteiger partial charge < -0.3 is 52.9 Å². The molecule has 0 bridgehead atoms. The van der Waals surface area contributed by atoms with Crippen LogP contribution in [0.4, 0.5) is 21.0 Å². The van der Waals surface area contributed by atoms with Gasteiger partial charge in [0, 0.05) is 55.9 Å². The van der Waals surface area contributed by atoms with Crippen LogP contribution in [0.5, 0.6) is 40.2 Å². The third kappa shape index (κ3) is 12.0. The Morgan fingerprint density at radius 2 is 1.58 bits per heavy atom. The monoisotopic (exact) mass is 1050 g/mol. The highest BCUT2D eigenvalue weighted by molar-refractivity contribution is 6.03. The standard InChI is InChI=1S/C58H62N4O15/c1-4-28-73-58-53(61(34-38-16-24-50-52(29-38)72-36-71-50)57(66)76-41-19-17-40(18-20-41)62(67)68)33-48(60-74-35-37-12-6-5-7-13-37)45-30-39(14-8-10-26-63)44(15-9-11-27-64)54(55(45)58)46-31-43(22-25-49(46)77-58)75-56(65)59-47-23-21-42(69-2)32-51(47)70-3/h4-7,12-13,16-25,29-32,39,44,53-55,63-64H,1,8-11,14-15,26-28,33-36H2,2-3H3,(H,59,65). The quantitative estimate of drug-likeness (QED) is 0.0239. The number of ether oxygens (including phenoxy) is 8. The number of non-ortho nitro benzene ring substituents is 1. The van der Waals surface area contributed by atoms with Crippen LogP contribution in [0.2, 0.25) is 0 Å². The number of aliphatic hydroxyl groups excluding tert-OH is 2. The Morgan fingerprint density at radius 1 is 0.844 bits per heavy atom. The van der Waals surface area contributed by atoms with Gasteiger partial charge in [0.1, 0.15) is 41.4 Å².